The van der Waals surface area contributed by atoms with E-state index in [1.165, 1.54) is 5.56 Å². The average Bonchev–Trinajstić information content (AvgIpc) is 3.25. The molecule has 1 aromatic heterocycles. The van der Waals surface area contributed by atoms with Crippen LogP contribution in [0.1, 0.15) is 35.2 Å². The fourth-order valence-electron chi connectivity index (χ4n) is 2.85. The highest BCUT2D eigenvalue weighted by molar-refractivity contribution is 7.94. The molecule has 3 aromatic rings. The first-order chi connectivity index (χ1) is 13.5. The fraction of sp³-hybridized carbons (Fsp3) is 0.190. The molecule has 1 amide bonds. The van der Waals surface area contributed by atoms with Gasteiger partial charge in [0.1, 0.15) is 4.21 Å². The van der Waals surface area contributed by atoms with Crippen LogP contribution in [0.5, 0.6) is 0 Å². The van der Waals surface area contributed by atoms with Crippen LogP contribution in [0.4, 0.5) is 5.69 Å². The Morgan fingerprint density at radius 1 is 1.00 bits per heavy atom. The Kier molecular flexibility index (Phi) is 6.49. The van der Waals surface area contributed by atoms with Crippen molar-refractivity contribution in [1.29, 1.82) is 0 Å². The van der Waals surface area contributed by atoms with Gasteiger partial charge in [-0.15, -0.1) is 11.3 Å². The number of benzene rings is 2. The minimum atomic E-state index is -3.59. The second kappa shape index (κ2) is 9.03. The number of carbonyl (C=O) groups excluding carboxylic acids is 1. The standard InChI is InChI=1S/C21H22N2O3S2/c1-2-16(17-7-4-3-5-8-17)15-22-21(24)18-10-12-19(13-11-18)23-28(25,26)20-9-6-14-27-20/h3-14,16,23H,2,15H2,1H3,(H,22,24). The van der Waals surface area contributed by atoms with Crippen LogP contribution in [0.25, 0.3) is 0 Å². The van der Waals surface area contributed by atoms with Crippen molar-refractivity contribution in [2.75, 3.05) is 11.3 Å². The molecule has 0 aliphatic carbocycles. The molecule has 0 fully saturated rings. The molecule has 1 heterocycles. The predicted octanol–water partition coefficient (Wildman–Crippen LogP) is 4.47. The lowest BCUT2D eigenvalue weighted by molar-refractivity contribution is 0.0951. The zero-order valence-electron chi connectivity index (χ0n) is 15.5. The maximum atomic E-state index is 12.4. The van der Waals surface area contributed by atoms with Crippen molar-refractivity contribution >= 4 is 33.0 Å². The SMILES string of the molecule is CCC(CNC(=O)c1ccc(NS(=O)(=O)c2cccs2)cc1)c1ccccc1. The van der Waals surface area contributed by atoms with Crippen LogP contribution in [-0.2, 0) is 10.0 Å². The second-order valence-corrected chi connectivity index (χ2v) is 9.20. The molecule has 2 aromatic carbocycles. The number of thiophene rings is 1. The van der Waals surface area contributed by atoms with E-state index < -0.39 is 10.0 Å². The molecule has 0 radical (unpaired) electrons. The molecule has 146 valence electrons. The summed E-state index contributed by atoms with van der Waals surface area (Å²) in [6, 6.07) is 19.7. The van der Waals surface area contributed by atoms with E-state index in [0.717, 1.165) is 17.8 Å². The van der Waals surface area contributed by atoms with Crippen molar-refractivity contribution in [2.45, 2.75) is 23.5 Å². The minimum Gasteiger partial charge on any atom is -0.351 e. The number of nitrogens with one attached hydrogen (secondary N) is 2. The zero-order valence-corrected chi connectivity index (χ0v) is 17.1. The minimum absolute atomic E-state index is 0.179. The van der Waals surface area contributed by atoms with Crippen LogP contribution in [0.15, 0.2) is 76.3 Å². The molecule has 28 heavy (non-hydrogen) atoms. The number of rotatable bonds is 8. The van der Waals surface area contributed by atoms with Crippen molar-refractivity contribution in [2.24, 2.45) is 0 Å². The van der Waals surface area contributed by atoms with Gasteiger partial charge in [-0.3, -0.25) is 9.52 Å². The third-order valence-electron chi connectivity index (χ3n) is 4.43. The third-order valence-corrected chi connectivity index (χ3v) is 7.21. The number of hydrogen-bond acceptors (Lipinski definition) is 4. The summed E-state index contributed by atoms with van der Waals surface area (Å²) in [5.41, 5.74) is 2.10. The lowest BCUT2D eigenvalue weighted by atomic mass is 9.96. The highest BCUT2D eigenvalue weighted by atomic mass is 32.2. The topological polar surface area (TPSA) is 75.3 Å². The maximum absolute atomic E-state index is 12.4. The van der Waals surface area contributed by atoms with Gasteiger partial charge in [-0.05, 0) is 47.7 Å². The zero-order chi connectivity index (χ0) is 20.0. The number of carbonyl (C=O) groups is 1. The van der Waals surface area contributed by atoms with E-state index in [2.05, 4.69) is 29.1 Å². The molecule has 7 heteroatoms. The number of anilines is 1. The quantitative estimate of drug-likeness (QED) is 0.571. The van der Waals surface area contributed by atoms with E-state index in [-0.39, 0.29) is 16.0 Å². The summed E-state index contributed by atoms with van der Waals surface area (Å²) in [6.07, 6.45) is 0.924. The first-order valence-corrected chi connectivity index (χ1v) is 11.4. The van der Waals surface area contributed by atoms with Crippen LogP contribution in [0.2, 0.25) is 0 Å². The smallest absolute Gasteiger partial charge is 0.271 e. The van der Waals surface area contributed by atoms with Gasteiger partial charge < -0.3 is 5.32 Å². The van der Waals surface area contributed by atoms with E-state index in [0.29, 0.717) is 17.8 Å². The van der Waals surface area contributed by atoms with Gasteiger partial charge in [-0.2, -0.15) is 0 Å². The van der Waals surface area contributed by atoms with E-state index in [1.54, 1.807) is 41.8 Å². The van der Waals surface area contributed by atoms with Crippen LogP contribution in [0.3, 0.4) is 0 Å². The van der Waals surface area contributed by atoms with Crippen molar-refractivity contribution in [3.8, 4) is 0 Å². The Morgan fingerprint density at radius 2 is 1.71 bits per heavy atom. The van der Waals surface area contributed by atoms with Crippen LogP contribution >= 0.6 is 11.3 Å². The van der Waals surface area contributed by atoms with Gasteiger partial charge >= 0.3 is 0 Å². The Balaban J connectivity index is 1.61. The van der Waals surface area contributed by atoms with Gasteiger partial charge in [0.2, 0.25) is 0 Å². The Bertz CT molecular complexity index is 1000. The van der Waals surface area contributed by atoms with Gasteiger partial charge in [-0.25, -0.2) is 8.42 Å². The van der Waals surface area contributed by atoms with E-state index in [9.17, 15) is 13.2 Å². The normalized spacial score (nSPS) is 12.3. The molecular formula is C21H22N2O3S2. The van der Waals surface area contributed by atoms with E-state index >= 15 is 0 Å². The van der Waals surface area contributed by atoms with Gasteiger partial charge in [0, 0.05) is 23.7 Å². The van der Waals surface area contributed by atoms with Gasteiger partial charge in [-0.1, -0.05) is 43.3 Å². The molecule has 0 spiro atoms. The van der Waals surface area contributed by atoms with E-state index in [4.69, 9.17) is 0 Å². The lowest BCUT2D eigenvalue weighted by Gasteiger charge is -2.16. The largest absolute Gasteiger partial charge is 0.351 e. The molecule has 0 aliphatic heterocycles. The summed E-state index contributed by atoms with van der Waals surface area (Å²) in [7, 11) is -3.59. The van der Waals surface area contributed by atoms with E-state index in [1.807, 2.05) is 18.2 Å². The fourth-order valence-corrected chi connectivity index (χ4v) is 4.90. The maximum Gasteiger partial charge on any atom is 0.271 e. The molecule has 1 atom stereocenters. The number of hydrogen-bond donors (Lipinski definition) is 2. The summed E-state index contributed by atoms with van der Waals surface area (Å²) in [5.74, 6) is 0.0732. The van der Waals surface area contributed by atoms with Crippen molar-refractivity contribution in [3.05, 3.63) is 83.2 Å². The van der Waals surface area contributed by atoms with Crippen molar-refractivity contribution in [3.63, 3.8) is 0 Å². The summed E-state index contributed by atoms with van der Waals surface area (Å²) < 4.78 is 27.3. The van der Waals surface area contributed by atoms with Crippen molar-refractivity contribution < 1.29 is 13.2 Å². The molecule has 0 saturated heterocycles. The molecule has 0 aliphatic rings. The van der Waals surface area contributed by atoms with Crippen LogP contribution in [0, 0.1) is 0 Å². The summed E-state index contributed by atoms with van der Waals surface area (Å²) in [6.45, 7) is 2.64. The first kappa shape index (κ1) is 20.1. The number of amides is 1. The van der Waals surface area contributed by atoms with Gasteiger partial charge in [0.15, 0.2) is 0 Å². The molecular weight excluding hydrogens is 392 g/mol. The molecule has 3 rings (SSSR count). The monoisotopic (exact) mass is 414 g/mol. The summed E-state index contributed by atoms with van der Waals surface area (Å²) >= 11 is 1.15. The average molecular weight is 415 g/mol. The third kappa shape index (κ3) is 4.99. The van der Waals surface area contributed by atoms with Gasteiger partial charge in [0.05, 0.1) is 0 Å². The molecule has 0 bridgehead atoms. The summed E-state index contributed by atoms with van der Waals surface area (Å²) in [5, 5.41) is 4.67. The summed E-state index contributed by atoms with van der Waals surface area (Å²) in [4.78, 5) is 12.4. The Hall–Kier alpha value is -2.64. The van der Waals surface area contributed by atoms with Crippen LogP contribution in [-0.4, -0.2) is 20.9 Å². The lowest BCUT2D eigenvalue weighted by Crippen LogP contribution is -2.28. The number of sulfonamides is 1. The highest BCUT2D eigenvalue weighted by Gasteiger charge is 2.16. The molecule has 5 nitrogen and oxygen atoms in total. The highest BCUT2D eigenvalue weighted by Crippen LogP contribution is 2.21. The Labute approximate surface area is 169 Å². The van der Waals surface area contributed by atoms with Crippen LogP contribution < -0.4 is 10.0 Å². The van der Waals surface area contributed by atoms with Crippen molar-refractivity contribution in [1.82, 2.24) is 5.32 Å². The molecule has 0 saturated carbocycles. The Morgan fingerprint density at radius 3 is 2.32 bits per heavy atom. The molecule has 1 unspecified atom stereocenters. The predicted molar refractivity (Wildman–Crippen MR) is 113 cm³/mol. The first-order valence-electron chi connectivity index (χ1n) is 8.99. The molecule has 2 N–H and O–H groups in total. The second-order valence-electron chi connectivity index (χ2n) is 6.34. The van der Waals surface area contributed by atoms with Gasteiger partial charge in [0.25, 0.3) is 15.9 Å².